The number of benzene rings is 10. The van der Waals surface area contributed by atoms with Crippen molar-refractivity contribution in [3.8, 4) is 44.5 Å². The first-order valence-corrected chi connectivity index (χ1v) is 20.5. The van der Waals surface area contributed by atoms with Gasteiger partial charge in [0.2, 0.25) is 0 Å². The summed E-state index contributed by atoms with van der Waals surface area (Å²) in [4.78, 5) is 4.64. The Morgan fingerprint density at radius 1 is 0.167 bits per heavy atom. The maximum atomic E-state index is 2.32. The first-order valence-electron chi connectivity index (χ1n) is 20.5. The molecule has 0 bridgehead atoms. The molecule has 10 rings (SSSR count). The molecule has 284 valence electrons. The molecule has 0 N–H and O–H groups in total. The monoisotopic (exact) mass is 766 g/mol. The molecule has 0 fully saturated rings. The maximum Gasteiger partial charge on any atom is 0.0462 e. The highest BCUT2D eigenvalue weighted by atomic mass is 15.1. The van der Waals surface area contributed by atoms with Crippen molar-refractivity contribution in [2.75, 3.05) is 9.80 Å². The van der Waals surface area contributed by atoms with Crippen molar-refractivity contribution in [2.45, 2.75) is 0 Å². The van der Waals surface area contributed by atoms with Gasteiger partial charge in [0, 0.05) is 34.1 Å². The molecule has 10 aromatic carbocycles. The van der Waals surface area contributed by atoms with Crippen molar-refractivity contribution < 1.29 is 0 Å². The largest absolute Gasteiger partial charge is 0.311 e. The van der Waals surface area contributed by atoms with Crippen molar-refractivity contribution in [2.24, 2.45) is 0 Å². The van der Waals surface area contributed by atoms with E-state index in [1.165, 1.54) is 55.3 Å². The Labute approximate surface area is 352 Å². The molecule has 0 heterocycles. The predicted octanol–water partition coefficient (Wildman–Crippen LogP) is 16.4. The molecule has 10 aromatic rings. The first kappa shape index (κ1) is 36.4. The molecule has 0 unspecified atom stereocenters. The Morgan fingerprint density at radius 3 is 0.717 bits per heavy atom. The van der Waals surface area contributed by atoms with Gasteiger partial charge in [-0.05, 0) is 128 Å². The molecule has 0 atom stereocenters. The zero-order valence-electron chi connectivity index (χ0n) is 33.1. The van der Waals surface area contributed by atoms with Gasteiger partial charge >= 0.3 is 0 Å². The summed E-state index contributed by atoms with van der Waals surface area (Å²) in [7, 11) is 0. The van der Waals surface area contributed by atoms with Gasteiger partial charge in [0.05, 0.1) is 0 Å². The molecular formula is C58H42N2. The van der Waals surface area contributed by atoms with Crippen LogP contribution in [0.3, 0.4) is 0 Å². The van der Waals surface area contributed by atoms with Gasteiger partial charge in [0.25, 0.3) is 0 Å². The van der Waals surface area contributed by atoms with E-state index in [1.807, 2.05) is 0 Å². The standard InChI is InChI=1S/C58H42N2/c1-5-15-43(16-6-1)45-25-33-51(34-26-45)59(49-19-9-3-10-20-49)53-37-29-47(30-38-53)55-41-42-56(58-24-14-13-23-57(55)58)48-31-39-54(40-32-48)60(50-21-11-4-12-22-50)52-35-27-46(28-36-52)44-17-7-2-8-18-44/h1-42H. The van der Waals surface area contributed by atoms with E-state index in [4.69, 9.17) is 0 Å². The predicted molar refractivity (Wildman–Crippen MR) is 255 cm³/mol. The van der Waals surface area contributed by atoms with Crippen molar-refractivity contribution in [1.82, 2.24) is 0 Å². The lowest BCUT2D eigenvalue weighted by molar-refractivity contribution is 1.28. The average molecular weight is 767 g/mol. The molecule has 2 nitrogen and oxygen atoms in total. The molecule has 60 heavy (non-hydrogen) atoms. The minimum atomic E-state index is 1.11. The van der Waals surface area contributed by atoms with Crippen LogP contribution >= 0.6 is 0 Å². The van der Waals surface area contributed by atoms with Crippen molar-refractivity contribution in [3.05, 3.63) is 255 Å². The van der Waals surface area contributed by atoms with Gasteiger partial charge in [-0.3, -0.25) is 0 Å². The molecule has 0 aliphatic carbocycles. The normalized spacial score (nSPS) is 11.0. The van der Waals surface area contributed by atoms with Crippen LogP contribution in [-0.2, 0) is 0 Å². The van der Waals surface area contributed by atoms with Gasteiger partial charge < -0.3 is 9.80 Å². The fraction of sp³-hybridized carbons (Fsp3) is 0. The van der Waals surface area contributed by atoms with Gasteiger partial charge in [-0.25, -0.2) is 0 Å². The highest BCUT2D eigenvalue weighted by molar-refractivity contribution is 6.05. The van der Waals surface area contributed by atoms with Crippen molar-refractivity contribution in [1.29, 1.82) is 0 Å². The van der Waals surface area contributed by atoms with Crippen LogP contribution < -0.4 is 9.80 Å². The molecule has 0 saturated carbocycles. The molecular weight excluding hydrogens is 725 g/mol. The smallest absolute Gasteiger partial charge is 0.0462 e. The third kappa shape index (κ3) is 7.35. The quantitative estimate of drug-likeness (QED) is 0.137. The topological polar surface area (TPSA) is 6.48 Å². The summed E-state index contributed by atoms with van der Waals surface area (Å²) >= 11 is 0. The van der Waals surface area contributed by atoms with Gasteiger partial charge in [-0.1, -0.05) is 182 Å². The number of hydrogen-bond donors (Lipinski definition) is 0. The molecule has 0 aliphatic heterocycles. The van der Waals surface area contributed by atoms with E-state index in [2.05, 4.69) is 265 Å². The SMILES string of the molecule is c1ccc(-c2ccc(N(c3ccccc3)c3ccc(-c4ccc(-c5ccc(N(c6ccccc6)c6ccc(-c7ccccc7)cc6)cc5)c5ccccc45)cc3)cc2)cc1. The highest BCUT2D eigenvalue weighted by Crippen LogP contribution is 2.41. The van der Waals surface area contributed by atoms with Crippen molar-refractivity contribution >= 4 is 44.9 Å². The summed E-state index contributed by atoms with van der Waals surface area (Å²) in [6, 6.07) is 91.3. The molecule has 0 spiro atoms. The number of anilines is 6. The molecule has 0 saturated heterocycles. The lowest BCUT2D eigenvalue weighted by Gasteiger charge is -2.26. The van der Waals surface area contributed by atoms with Crippen LogP contribution in [0.4, 0.5) is 34.1 Å². The van der Waals surface area contributed by atoms with Crippen LogP contribution in [0, 0.1) is 0 Å². The Balaban J connectivity index is 0.958. The molecule has 0 amide bonds. The Kier molecular flexibility index (Phi) is 10.0. The maximum absolute atomic E-state index is 2.32. The third-order valence-electron chi connectivity index (χ3n) is 11.3. The fourth-order valence-electron chi connectivity index (χ4n) is 8.30. The first-order chi connectivity index (χ1) is 29.8. The summed E-state index contributed by atoms with van der Waals surface area (Å²) in [5.74, 6) is 0. The van der Waals surface area contributed by atoms with Gasteiger partial charge in [0.15, 0.2) is 0 Å². The number of rotatable bonds is 10. The van der Waals surface area contributed by atoms with E-state index in [0.29, 0.717) is 0 Å². The van der Waals surface area contributed by atoms with E-state index in [9.17, 15) is 0 Å². The molecule has 0 radical (unpaired) electrons. The van der Waals surface area contributed by atoms with E-state index >= 15 is 0 Å². The summed E-state index contributed by atoms with van der Waals surface area (Å²) in [5.41, 5.74) is 16.3. The fourth-order valence-corrected chi connectivity index (χ4v) is 8.30. The number of nitrogens with zero attached hydrogens (tertiary/aromatic N) is 2. The van der Waals surface area contributed by atoms with Gasteiger partial charge in [-0.15, -0.1) is 0 Å². The lowest BCUT2D eigenvalue weighted by Crippen LogP contribution is -2.09. The van der Waals surface area contributed by atoms with Crippen LogP contribution in [0.5, 0.6) is 0 Å². The van der Waals surface area contributed by atoms with Gasteiger partial charge in [-0.2, -0.15) is 0 Å². The van der Waals surface area contributed by atoms with Crippen LogP contribution in [0.2, 0.25) is 0 Å². The second-order valence-corrected chi connectivity index (χ2v) is 15.0. The van der Waals surface area contributed by atoms with Crippen LogP contribution in [0.1, 0.15) is 0 Å². The molecule has 0 aliphatic rings. The number of hydrogen-bond acceptors (Lipinski definition) is 2. The van der Waals surface area contributed by atoms with Crippen LogP contribution in [-0.4, -0.2) is 0 Å². The average Bonchev–Trinajstić information content (AvgIpc) is 3.34. The summed E-state index contributed by atoms with van der Waals surface area (Å²) in [6.07, 6.45) is 0. The van der Waals surface area contributed by atoms with E-state index in [-0.39, 0.29) is 0 Å². The Bertz CT molecular complexity index is 2750. The minimum absolute atomic E-state index is 1.11. The zero-order chi connectivity index (χ0) is 40.1. The van der Waals surface area contributed by atoms with E-state index in [0.717, 1.165) is 34.1 Å². The zero-order valence-corrected chi connectivity index (χ0v) is 33.1. The summed E-state index contributed by atoms with van der Waals surface area (Å²) in [5, 5.41) is 2.46. The lowest BCUT2D eigenvalue weighted by atomic mass is 9.92. The third-order valence-corrected chi connectivity index (χ3v) is 11.3. The number of para-hydroxylation sites is 2. The Morgan fingerprint density at radius 2 is 0.400 bits per heavy atom. The van der Waals surface area contributed by atoms with Crippen LogP contribution in [0.25, 0.3) is 55.3 Å². The highest BCUT2D eigenvalue weighted by Gasteiger charge is 2.16. The van der Waals surface area contributed by atoms with Crippen molar-refractivity contribution in [3.63, 3.8) is 0 Å². The second kappa shape index (κ2) is 16.5. The summed E-state index contributed by atoms with van der Waals surface area (Å²) < 4.78 is 0. The van der Waals surface area contributed by atoms with E-state index < -0.39 is 0 Å². The molecule has 2 heteroatoms. The molecule has 0 aromatic heterocycles. The second-order valence-electron chi connectivity index (χ2n) is 15.0. The van der Waals surface area contributed by atoms with Gasteiger partial charge in [0.1, 0.15) is 0 Å². The summed E-state index contributed by atoms with van der Waals surface area (Å²) in [6.45, 7) is 0. The minimum Gasteiger partial charge on any atom is -0.311 e. The number of fused-ring (bicyclic) bond motifs is 1. The van der Waals surface area contributed by atoms with Crippen LogP contribution in [0.15, 0.2) is 255 Å². The Hall–Kier alpha value is -7.94. The van der Waals surface area contributed by atoms with E-state index in [1.54, 1.807) is 0 Å².